The van der Waals surface area contributed by atoms with Gasteiger partial charge in [-0.25, -0.2) is 13.1 Å². The fraction of sp³-hybridized carbons (Fsp3) is 0.588. The van der Waals surface area contributed by atoms with E-state index < -0.39 is 21.3 Å². The summed E-state index contributed by atoms with van der Waals surface area (Å²) in [6, 6.07) is 5.35. The zero-order valence-electron chi connectivity index (χ0n) is 14.4. The van der Waals surface area contributed by atoms with E-state index in [0.717, 1.165) is 5.56 Å². The summed E-state index contributed by atoms with van der Waals surface area (Å²) in [5, 5.41) is 0. The first kappa shape index (κ1) is 17.9. The molecule has 1 saturated heterocycles. The van der Waals surface area contributed by atoms with Crippen molar-refractivity contribution in [1.82, 2.24) is 4.72 Å². The summed E-state index contributed by atoms with van der Waals surface area (Å²) in [5.41, 5.74) is 0.563. The van der Waals surface area contributed by atoms with Gasteiger partial charge in [0.15, 0.2) is 0 Å². The van der Waals surface area contributed by atoms with Crippen LogP contribution in [-0.2, 0) is 25.0 Å². The fourth-order valence-electron chi connectivity index (χ4n) is 2.50. The number of carbonyl (C=O) groups is 1. The van der Waals surface area contributed by atoms with Gasteiger partial charge < -0.3 is 4.74 Å². The number of amides is 1. The Morgan fingerprint density at radius 1 is 1.30 bits per heavy atom. The zero-order valence-corrected chi connectivity index (χ0v) is 15.2. The second kappa shape index (κ2) is 5.91. The molecule has 1 fully saturated rings. The molecule has 1 aliphatic heterocycles. The van der Waals surface area contributed by atoms with E-state index in [1.54, 1.807) is 26.0 Å². The van der Waals surface area contributed by atoms with Crippen LogP contribution in [0.5, 0.6) is 0 Å². The number of sulfonamides is 1. The molecule has 0 aromatic heterocycles. The average Bonchev–Trinajstić information content (AvgIpc) is 2.85. The largest absolute Gasteiger partial charge is 0.380 e. The molecular weight excluding hydrogens is 314 g/mol. The quantitative estimate of drug-likeness (QED) is 0.918. The van der Waals surface area contributed by atoms with Crippen molar-refractivity contribution in [3.63, 3.8) is 0 Å². The fourth-order valence-corrected chi connectivity index (χ4v) is 3.88. The maximum atomic E-state index is 12.7. The van der Waals surface area contributed by atoms with Crippen molar-refractivity contribution >= 4 is 15.9 Å². The molecule has 1 aliphatic rings. The first-order chi connectivity index (χ1) is 10.5. The van der Waals surface area contributed by atoms with E-state index in [4.69, 9.17) is 4.74 Å². The van der Waals surface area contributed by atoms with Gasteiger partial charge in [-0.3, -0.25) is 4.79 Å². The third kappa shape index (κ3) is 3.75. The molecule has 0 spiro atoms. The SMILES string of the molecule is Cc1ccc(C(C)(C)C)cc1S(=O)(=O)NC(=O)C1(C)CCOC1. The van der Waals surface area contributed by atoms with Crippen LogP contribution in [0.25, 0.3) is 0 Å². The number of benzene rings is 1. The number of rotatable bonds is 3. The Kier molecular flexibility index (Phi) is 4.61. The Morgan fingerprint density at radius 2 is 1.96 bits per heavy atom. The number of nitrogens with one attached hydrogen (secondary N) is 1. The molecule has 0 radical (unpaired) electrons. The molecule has 1 atom stereocenters. The number of ether oxygens (including phenoxy) is 1. The van der Waals surface area contributed by atoms with Crippen LogP contribution in [-0.4, -0.2) is 27.5 Å². The lowest BCUT2D eigenvalue weighted by Crippen LogP contribution is -2.42. The number of carbonyl (C=O) groups excluding carboxylic acids is 1. The smallest absolute Gasteiger partial charge is 0.264 e. The highest BCUT2D eigenvalue weighted by atomic mass is 32.2. The molecule has 2 rings (SSSR count). The van der Waals surface area contributed by atoms with Crippen LogP contribution in [0.15, 0.2) is 23.1 Å². The van der Waals surface area contributed by atoms with Gasteiger partial charge in [0.2, 0.25) is 5.91 Å². The van der Waals surface area contributed by atoms with Gasteiger partial charge in [0.05, 0.1) is 16.9 Å². The third-order valence-electron chi connectivity index (χ3n) is 4.34. The third-order valence-corrected chi connectivity index (χ3v) is 5.81. The van der Waals surface area contributed by atoms with E-state index >= 15 is 0 Å². The minimum atomic E-state index is -3.90. The molecule has 1 aromatic rings. The topological polar surface area (TPSA) is 72.5 Å². The van der Waals surface area contributed by atoms with Gasteiger partial charge in [0.25, 0.3) is 10.0 Å². The van der Waals surface area contributed by atoms with E-state index in [9.17, 15) is 13.2 Å². The molecule has 0 bridgehead atoms. The monoisotopic (exact) mass is 339 g/mol. The molecular formula is C17H25NO4S. The number of aryl methyl sites for hydroxylation is 1. The normalized spacial score (nSPS) is 22.1. The minimum absolute atomic E-state index is 0.154. The standard InChI is InChI=1S/C17H25NO4S/c1-12-6-7-13(16(2,3)4)10-14(12)23(20,21)18-15(19)17(5)8-9-22-11-17/h6-7,10H,8-9,11H2,1-5H3,(H,18,19). The summed E-state index contributed by atoms with van der Waals surface area (Å²) in [6.07, 6.45) is 0.523. The van der Waals surface area contributed by atoms with Crippen molar-refractivity contribution in [2.75, 3.05) is 13.2 Å². The molecule has 6 heteroatoms. The summed E-state index contributed by atoms with van der Waals surface area (Å²) in [6.45, 7) is 10.2. The zero-order chi connectivity index (χ0) is 17.5. The Bertz CT molecular complexity index is 711. The van der Waals surface area contributed by atoms with Crippen molar-refractivity contribution in [3.8, 4) is 0 Å². The highest BCUT2D eigenvalue weighted by molar-refractivity contribution is 7.90. The van der Waals surface area contributed by atoms with Gasteiger partial charge in [0.1, 0.15) is 0 Å². The average molecular weight is 339 g/mol. The van der Waals surface area contributed by atoms with Crippen LogP contribution in [0, 0.1) is 12.3 Å². The molecule has 5 nitrogen and oxygen atoms in total. The van der Waals surface area contributed by atoms with E-state index in [1.165, 1.54) is 0 Å². The Labute approximate surface area is 138 Å². The molecule has 1 aromatic carbocycles. The van der Waals surface area contributed by atoms with E-state index in [2.05, 4.69) is 4.72 Å². The predicted octanol–water partition coefficient (Wildman–Crippen LogP) is 2.52. The van der Waals surface area contributed by atoms with E-state index in [1.807, 2.05) is 26.8 Å². The van der Waals surface area contributed by atoms with Crippen LogP contribution in [0.3, 0.4) is 0 Å². The predicted molar refractivity (Wildman–Crippen MR) is 88.8 cm³/mol. The van der Waals surface area contributed by atoms with E-state index in [0.29, 0.717) is 18.6 Å². The second-order valence-electron chi connectivity index (χ2n) is 7.53. The van der Waals surface area contributed by atoms with Crippen molar-refractivity contribution < 1.29 is 17.9 Å². The van der Waals surface area contributed by atoms with Crippen molar-refractivity contribution in [3.05, 3.63) is 29.3 Å². The lowest BCUT2D eigenvalue weighted by Gasteiger charge is -2.23. The molecule has 1 N–H and O–H groups in total. The van der Waals surface area contributed by atoms with Crippen molar-refractivity contribution in [1.29, 1.82) is 0 Å². The van der Waals surface area contributed by atoms with E-state index in [-0.39, 0.29) is 16.9 Å². The van der Waals surface area contributed by atoms with Crippen molar-refractivity contribution in [2.45, 2.75) is 51.3 Å². The highest BCUT2D eigenvalue weighted by Gasteiger charge is 2.39. The van der Waals surface area contributed by atoms with Crippen LogP contribution in [0.4, 0.5) is 0 Å². The summed E-state index contributed by atoms with van der Waals surface area (Å²) < 4.78 is 32.8. The summed E-state index contributed by atoms with van der Waals surface area (Å²) in [7, 11) is -3.90. The van der Waals surface area contributed by atoms with Gasteiger partial charge >= 0.3 is 0 Å². The Morgan fingerprint density at radius 3 is 2.48 bits per heavy atom. The molecule has 1 unspecified atom stereocenters. The molecule has 1 heterocycles. The molecule has 23 heavy (non-hydrogen) atoms. The molecule has 1 amide bonds. The molecule has 0 aliphatic carbocycles. The lowest BCUT2D eigenvalue weighted by molar-refractivity contribution is -0.128. The Balaban J connectivity index is 2.34. The minimum Gasteiger partial charge on any atom is -0.380 e. The first-order valence-corrected chi connectivity index (χ1v) is 9.20. The van der Waals surface area contributed by atoms with Crippen LogP contribution in [0.1, 0.15) is 45.2 Å². The lowest BCUT2D eigenvalue weighted by atomic mass is 9.87. The Hall–Kier alpha value is -1.40. The summed E-state index contributed by atoms with van der Waals surface area (Å²) in [5.74, 6) is -0.504. The van der Waals surface area contributed by atoms with Crippen molar-refractivity contribution in [2.24, 2.45) is 5.41 Å². The van der Waals surface area contributed by atoms with Crippen LogP contribution in [0.2, 0.25) is 0 Å². The van der Waals surface area contributed by atoms with Gasteiger partial charge in [-0.1, -0.05) is 32.9 Å². The van der Waals surface area contributed by atoms with Gasteiger partial charge in [-0.2, -0.15) is 0 Å². The van der Waals surface area contributed by atoms with Gasteiger partial charge in [0, 0.05) is 6.61 Å². The number of hydrogen-bond donors (Lipinski definition) is 1. The summed E-state index contributed by atoms with van der Waals surface area (Å²) in [4.78, 5) is 12.5. The number of hydrogen-bond acceptors (Lipinski definition) is 4. The second-order valence-corrected chi connectivity index (χ2v) is 9.18. The highest BCUT2D eigenvalue weighted by Crippen LogP contribution is 2.30. The molecule has 128 valence electrons. The first-order valence-electron chi connectivity index (χ1n) is 7.72. The van der Waals surface area contributed by atoms with Crippen LogP contribution >= 0.6 is 0 Å². The van der Waals surface area contributed by atoms with Crippen LogP contribution < -0.4 is 4.72 Å². The molecule has 0 saturated carbocycles. The summed E-state index contributed by atoms with van der Waals surface area (Å²) >= 11 is 0. The maximum Gasteiger partial charge on any atom is 0.264 e. The maximum absolute atomic E-state index is 12.7. The van der Waals surface area contributed by atoms with Gasteiger partial charge in [-0.05, 0) is 42.9 Å². The van der Waals surface area contributed by atoms with Gasteiger partial charge in [-0.15, -0.1) is 0 Å².